The standard InChI is InChI=1S/C21H43O8P/c1-2-3-4-5-6-7-8-9-10-11-12-13-14-15-16-17-21(22)27-18-20(29-23)19-28-30(24,25)26/h20,23H,2-19H2,1H3,(H2,24,25,26)/t20-/m1/s1. The van der Waals surface area contributed by atoms with Gasteiger partial charge in [-0.15, -0.1) is 0 Å². The van der Waals surface area contributed by atoms with Crippen LogP contribution in [0.3, 0.4) is 0 Å². The molecule has 180 valence electrons. The minimum absolute atomic E-state index is 0.274. The van der Waals surface area contributed by atoms with Crippen LogP contribution >= 0.6 is 7.82 Å². The Morgan fingerprint density at radius 2 is 1.20 bits per heavy atom. The first-order valence-corrected chi connectivity index (χ1v) is 13.1. The maximum absolute atomic E-state index is 11.6. The number of esters is 1. The summed E-state index contributed by atoms with van der Waals surface area (Å²) in [7, 11) is -4.66. The van der Waals surface area contributed by atoms with Crippen molar-refractivity contribution in [2.24, 2.45) is 0 Å². The van der Waals surface area contributed by atoms with Crippen LogP contribution in [-0.4, -0.2) is 40.3 Å². The molecule has 0 spiro atoms. The molecule has 0 aliphatic rings. The maximum Gasteiger partial charge on any atom is 0.469 e. The van der Waals surface area contributed by atoms with E-state index in [1.54, 1.807) is 0 Å². The molecule has 0 saturated heterocycles. The van der Waals surface area contributed by atoms with E-state index in [0.717, 1.165) is 19.3 Å². The quantitative estimate of drug-likeness (QED) is 0.0620. The molecule has 0 radical (unpaired) electrons. The molecule has 0 aromatic carbocycles. The number of phosphoric acid groups is 1. The number of carbonyl (C=O) groups is 1. The summed E-state index contributed by atoms with van der Waals surface area (Å²) in [6, 6.07) is 0. The molecule has 9 heteroatoms. The molecule has 0 bridgehead atoms. The van der Waals surface area contributed by atoms with E-state index in [2.05, 4.69) is 16.3 Å². The minimum Gasteiger partial charge on any atom is -0.463 e. The SMILES string of the molecule is CCCCCCCCCCCCCCCCCC(=O)OC[C@H](COP(=O)(O)O)OO. The number of rotatable bonds is 22. The summed E-state index contributed by atoms with van der Waals surface area (Å²) in [4.78, 5) is 32.8. The van der Waals surface area contributed by atoms with Crippen LogP contribution in [0.15, 0.2) is 0 Å². The number of carbonyl (C=O) groups excluding carboxylic acids is 1. The fourth-order valence-electron chi connectivity index (χ4n) is 3.19. The van der Waals surface area contributed by atoms with E-state index in [1.165, 1.54) is 77.0 Å². The van der Waals surface area contributed by atoms with Crippen molar-refractivity contribution in [2.45, 2.75) is 116 Å². The number of unbranched alkanes of at least 4 members (excludes halogenated alkanes) is 14. The van der Waals surface area contributed by atoms with Gasteiger partial charge in [0.15, 0.2) is 6.10 Å². The molecule has 0 rings (SSSR count). The van der Waals surface area contributed by atoms with E-state index < -0.39 is 26.5 Å². The van der Waals surface area contributed by atoms with Crippen LogP contribution in [0, 0.1) is 0 Å². The van der Waals surface area contributed by atoms with Crippen molar-refractivity contribution in [1.29, 1.82) is 0 Å². The van der Waals surface area contributed by atoms with Gasteiger partial charge in [-0.05, 0) is 6.42 Å². The smallest absolute Gasteiger partial charge is 0.463 e. The fraction of sp³-hybridized carbons (Fsp3) is 0.952. The summed E-state index contributed by atoms with van der Waals surface area (Å²) in [6.07, 6.45) is 17.9. The van der Waals surface area contributed by atoms with E-state index in [0.29, 0.717) is 0 Å². The lowest BCUT2D eigenvalue weighted by Crippen LogP contribution is -2.25. The van der Waals surface area contributed by atoms with Gasteiger partial charge in [0.25, 0.3) is 0 Å². The van der Waals surface area contributed by atoms with Crippen LogP contribution in [0.1, 0.15) is 110 Å². The van der Waals surface area contributed by atoms with Gasteiger partial charge in [-0.25, -0.2) is 9.45 Å². The van der Waals surface area contributed by atoms with Crippen LogP contribution in [0.5, 0.6) is 0 Å². The second-order valence-corrected chi connectivity index (χ2v) is 9.14. The fourth-order valence-corrected chi connectivity index (χ4v) is 3.55. The zero-order valence-corrected chi connectivity index (χ0v) is 19.5. The first kappa shape index (κ1) is 29.5. The van der Waals surface area contributed by atoms with Gasteiger partial charge < -0.3 is 14.5 Å². The Kier molecular flexibility index (Phi) is 20.1. The highest BCUT2D eigenvalue weighted by molar-refractivity contribution is 7.46. The van der Waals surface area contributed by atoms with Crippen molar-refractivity contribution in [2.75, 3.05) is 13.2 Å². The molecule has 0 aliphatic carbocycles. The summed E-state index contributed by atoms with van der Waals surface area (Å²) in [6.45, 7) is 1.35. The molecule has 0 aliphatic heterocycles. The van der Waals surface area contributed by atoms with Gasteiger partial charge in [0, 0.05) is 6.42 Å². The van der Waals surface area contributed by atoms with Crippen LogP contribution < -0.4 is 0 Å². The lowest BCUT2D eigenvalue weighted by Gasteiger charge is -2.14. The Labute approximate surface area is 181 Å². The van der Waals surface area contributed by atoms with Gasteiger partial charge in [-0.1, -0.05) is 96.8 Å². The normalized spacial score (nSPS) is 12.8. The third kappa shape index (κ3) is 22.2. The summed E-state index contributed by atoms with van der Waals surface area (Å²) in [5.74, 6) is -0.428. The van der Waals surface area contributed by atoms with E-state index >= 15 is 0 Å². The zero-order chi connectivity index (χ0) is 22.5. The lowest BCUT2D eigenvalue weighted by atomic mass is 10.0. The Balaban J connectivity index is 3.39. The van der Waals surface area contributed by atoms with Gasteiger partial charge in [0.2, 0.25) is 0 Å². The molecule has 0 aromatic rings. The van der Waals surface area contributed by atoms with Crippen LogP contribution in [-0.2, 0) is 23.5 Å². The Morgan fingerprint density at radius 1 is 0.767 bits per heavy atom. The first-order valence-electron chi connectivity index (χ1n) is 11.5. The molecule has 0 heterocycles. The summed E-state index contributed by atoms with van der Waals surface area (Å²) < 4.78 is 19.7. The van der Waals surface area contributed by atoms with Crippen molar-refractivity contribution < 1.29 is 38.6 Å². The highest BCUT2D eigenvalue weighted by Gasteiger charge is 2.20. The van der Waals surface area contributed by atoms with E-state index in [4.69, 9.17) is 19.8 Å². The van der Waals surface area contributed by atoms with Crippen molar-refractivity contribution in [3.05, 3.63) is 0 Å². The highest BCUT2D eigenvalue weighted by Crippen LogP contribution is 2.35. The molecule has 8 nitrogen and oxygen atoms in total. The lowest BCUT2D eigenvalue weighted by molar-refractivity contribution is -0.290. The Bertz CT molecular complexity index is 441. The largest absolute Gasteiger partial charge is 0.469 e. The highest BCUT2D eigenvalue weighted by atomic mass is 31.2. The predicted octanol–water partition coefficient (Wildman–Crippen LogP) is 5.76. The van der Waals surface area contributed by atoms with E-state index in [1.807, 2.05) is 0 Å². The summed E-state index contributed by atoms with van der Waals surface area (Å²) in [5, 5.41) is 8.63. The average Bonchev–Trinajstić information content (AvgIpc) is 2.70. The molecular formula is C21H43O8P. The molecule has 30 heavy (non-hydrogen) atoms. The minimum atomic E-state index is -4.66. The number of phosphoric ester groups is 1. The second kappa shape index (κ2) is 20.4. The zero-order valence-electron chi connectivity index (χ0n) is 18.6. The third-order valence-electron chi connectivity index (χ3n) is 4.99. The number of ether oxygens (including phenoxy) is 1. The molecule has 3 N–H and O–H groups in total. The molecule has 0 aromatic heterocycles. The van der Waals surface area contributed by atoms with Crippen molar-refractivity contribution >= 4 is 13.8 Å². The molecule has 0 fully saturated rings. The maximum atomic E-state index is 11.6. The number of hydrogen-bond donors (Lipinski definition) is 3. The van der Waals surface area contributed by atoms with Crippen molar-refractivity contribution in [3.8, 4) is 0 Å². The van der Waals surface area contributed by atoms with Gasteiger partial charge in [-0.2, -0.15) is 0 Å². The Hall–Kier alpha value is -0.500. The Morgan fingerprint density at radius 3 is 1.60 bits per heavy atom. The topological polar surface area (TPSA) is 123 Å². The summed E-state index contributed by atoms with van der Waals surface area (Å²) in [5.41, 5.74) is 0. The monoisotopic (exact) mass is 454 g/mol. The van der Waals surface area contributed by atoms with Crippen LogP contribution in [0.25, 0.3) is 0 Å². The van der Waals surface area contributed by atoms with Crippen LogP contribution in [0.2, 0.25) is 0 Å². The van der Waals surface area contributed by atoms with Gasteiger partial charge in [0.1, 0.15) is 6.61 Å². The van der Waals surface area contributed by atoms with E-state index in [9.17, 15) is 9.36 Å². The summed E-state index contributed by atoms with van der Waals surface area (Å²) >= 11 is 0. The first-order chi connectivity index (χ1) is 14.4. The molecule has 1 atom stereocenters. The van der Waals surface area contributed by atoms with Gasteiger partial charge in [0.05, 0.1) is 6.61 Å². The molecule has 0 unspecified atom stereocenters. The third-order valence-corrected chi connectivity index (χ3v) is 5.48. The van der Waals surface area contributed by atoms with Crippen molar-refractivity contribution in [3.63, 3.8) is 0 Å². The molecular weight excluding hydrogens is 411 g/mol. The van der Waals surface area contributed by atoms with Crippen molar-refractivity contribution in [1.82, 2.24) is 0 Å². The predicted molar refractivity (Wildman–Crippen MR) is 116 cm³/mol. The van der Waals surface area contributed by atoms with Gasteiger partial charge in [-0.3, -0.25) is 14.6 Å². The molecule has 0 amide bonds. The number of hydrogen-bond acceptors (Lipinski definition) is 6. The second-order valence-electron chi connectivity index (χ2n) is 7.90. The van der Waals surface area contributed by atoms with E-state index in [-0.39, 0.29) is 13.0 Å². The molecule has 0 saturated carbocycles. The van der Waals surface area contributed by atoms with Crippen LogP contribution in [0.4, 0.5) is 0 Å². The van der Waals surface area contributed by atoms with Gasteiger partial charge >= 0.3 is 13.8 Å². The average molecular weight is 455 g/mol.